The van der Waals surface area contributed by atoms with Crippen LogP contribution in [0.15, 0.2) is 18.6 Å². The molecule has 0 unspecified atom stereocenters. The van der Waals surface area contributed by atoms with Gasteiger partial charge in [0.25, 0.3) is 5.91 Å². The Kier molecular flexibility index (Phi) is 2.24. The van der Waals surface area contributed by atoms with Crippen molar-refractivity contribution in [2.45, 2.75) is 6.92 Å². The first kappa shape index (κ1) is 9.45. The fraction of sp³-hybridized carbons (Fsp3) is 0.222. The summed E-state index contributed by atoms with van der Waals surface area (Å²) in [4.78, 5) is 11.7. The van der Waals surface area contributed by atoms with Crippen LogP contribution < -0.4 is 5.32 Å². The van der Waals surface area contributed by atoms with Crippen LogP contribution in [0.25, 0.3) is 0 Å². The summed E-state index contributed by atoms with van der Waals surface area (Å²) in [5, 5.41) is 13.2. The van der Waals surface area contributed by atoms with E-state index in [1.165, 1.54) is 6.20 Å². The molecule has 0 aliphatic carbocycles. The lowest BCUT2D eigenvalue weighted by atomic mass is 10.2. The molecule has 6 heteroatoms. The van der Waals surface area contributed by atoms with Crippen molar-refractivity contribution in [2.24, 2.45) is 7.05 Å². The average molecular weight is 205 g/mol. The van der Waals surface area contributed by atoms with E-state index in [4.69, 9.17) is 0 Å². The number of nitrogens with zero attached hydrogens (tertiary/aromatic N) is 3. The van der Waals surface area contributed by atoms with E-state index in [1.807, 2.05) is 0 Å². The molecule has 0 aromatic carbocycles. The van der Waals surface area contributed by atoms with Gasteiger partial charge in [-0.2, -0.15) is 10.2 Å². The van der Waals surface area contributed by atoms with Gasteiger partial charge in [0.05, 0.1) is 23.6 Å². The average Bonchev–Trinajstić information content (AvgIpc) is 2.75. The van der Waals surface area contributed by atoms with Crippen LogP contribution in [0.2, 0.25) is 0 Å². The summed E-state index contributed by atoms with van der Waals surface area (Å²) in [5.74, 6) is -0.186. The van der Waals surface area contributed by atoms with Crippen molar-refractivity contribution in [3.8, 4) is 0 Å². The van der Waals surface area contributed by atoms with Crippen LogP contribution in [0.3, 0.4) is 0 Å². The Balaban J connectivity index is 2.14. The van der Waals surface area contributed by atoms with Gasteiger partial charge in [-0.3, -0.25) is 14.6 Å². The molecule has 2 heterocycles. The lowest BCUT2D eigenvalue weighted by Gasteiger charge is -1.99. The van der Waals surface area contributed by atoms with Gasteiger partial charge in [0.15, 0.2) is 0 Å². The Labute approximate surface area is 86.3 Å². The third-order valence-electron chi connectivity index (χ3n) is 2.04. The predicted octanol–water partition coefficient (Wildman–Crippen LogP) is 0.704. The maximum Gasteiger partial charge on any atom is 0.259 e. The molecule has 0 aliphatic rings. The number of carbonyl (C=O) groups is 1. The van der Waals surface area contributed by atoms with E-state index in [2.05, 4.69) is 20.6 Å². The maximum atomic E-state index is 11.7. The summed E-state index contributed by atoms with van der Waals surface area (Å²) in [5.41, 5.74) is 1.96. The number of carbonyl (C=O) groups excluding carboxylic acids is 1. The molecule has 15 heavy (non-hydrogen) atoms. The minimum Gasteiger partial charge on any atom is -0.319 e. The smallest absolute Gasteiger partial charge is 0.259 e. The minimum atomic E-state index is -0.186. The molecule has 0 fully saturated rings. The molecule has 78 valence electrons. The number of aromatic nitrogens is 4. The van der Waals surface area contributed by atoms with Gasteiger partial charge in [-0.25, -0.2) is 0 Å². The number of aromatic amines is 1. The van der Waals surface area contributed by atoms with E-state index in [0.717, 1.165) is 5.69 Å². The monoisotopic (exact) mass is 205 g/mol. The van der Waals surface area contributed by atoms with Crippen LogP contribution in [0.1, 0.15) is 16.1 Å². The Hall–Kier alpha value is -2.11. The normalized spacial score (nSPS) is 10.3. The molecule has 0 spiro atoms. The second-order valence-electron chi connectivity index (χ2n) is 3.27. The molecule has 0 bridgehead atoms. The summed E-state index contributed by atoms with van der Waals surface area (Å²) in [6, 6.07) is 0. The number of hydrogen-bond donors (Lipinski definition) is 2. The number of nitrogens with one attached hydrogen (secondary N) is 2. The second kappa shape index (κ2) is 3.56. The number of anilines is 1. The van der Waals surface area contributed by atoms with E-state index in [9.17, 15) is 4.79 Å². The zero-order valence-electron chi connectivity index (χ0n) is 8.48. The molecule has 0 saturated heterocycles. The van der Waals surface area contributed by atoms with E-state index in [-0.39, 0.29) is 5.91 Å². The highest BCUT2D eigenvalue weighted by molar-refractivity contribution is 6.04. The Morgan fingerprint density at radius 3 is 2.87 bits per heavy atom. The molecule has 6 nitrogen and oxygen atoms in total. The minimum absolute atomic E-state index is 0.186. The lowest BCUT2D eigenvalue weighted by Crippen LogP contribution is -2.11. The largest absolute Gasteiger partial charge is 0.319 e. The number of aryl methyl sites for hydroxylation is 2. The van der Waals surface area contributed by atoms with Gasteiger partial charge in [-0.05, 0) is 6.92 Å². The number of hydrogen-bond acceptors (Lipinski definition) is 3. The predicted molar refractivity (Wildman–Crippen MR) is 54.5 cm³/mol. The highest BCUT2D eigenvalue weighted by Crippen LogP contribution is 2.08. The summed E-state index contributed by atoms with van der Waals surface area (Å²) >= 11 is 0. The van der Waals surface area contributed by atoms with Crippen molar-refractivity contribution in [1.29, 1.82) is 0 Å². The maximum absolute atomic E-state index is 11.7. The fourth-order valence-electron chi connectivity index (χ4n) is 1.26. The van der Waals surface area contributed by atoms with Crippen molar-refractivity contribution in [2.75, 3.05) is 5.32 Å². The molecule has 2 aromatic heterocycles. The van der Waals surface area contributed by atoms with Gasteiger partial charge in [0, 0.05) is 18.9 Å². The Morgan fingerprint density at radius 1 is 1.53 bits per heavy atom. The van der Waals surface area contributed by atoms with Crippen LogP contribution in [0.5, 0.6) is 0 Å². The molecule has 0 atom stereocenters. The topological polar surface area (TPSA) is 75.6 Å². The van der Waals surface area contributed by atoms with Crippen molar-refractivity contribution in [1.82, 2.24) is 20.0 Å². The van der Waals surface area contributed by atoms with Crippen LogP contribution in [0, 0.1) is 6.92 Å². The zero-order valence-corrected chi connectivity index (χ0v) is 8.48. The molecule has 2 aromatic rings. The van der Waals surface area contributed by atoms with Crippen molar-refractivity contribution < 1.29 is 4.79 Å². The zero-order chi connectivity index (χ0) is 10.8. The SMILES string of the molecule is Cc1[nH]ncc1C(=O)Nc1cnn(C)c1. The van der Waals surface area contributed by atoms with Crippen LogP contribution >= 0.6 is 0 Å². The van der Waals surface area contributed by atoms with Gasteiger partial charge in [0.2, 0.25) is 0 Å². The first-order valence-electron chi connectivity index (χ1n) is 4.47. The van der Waals surface area contributed by atoms with Crippen LogP contribution in [-0.2, 0) is 7.05 Å². The molecule has 0 saturated carbocycles. The van der Waals surface area contributed by atoms with Crippen LogP contribution in [-0.4, -0.2) is 25.9 Å². The molecule has 0 radical (unpaired) electrons. The molecular formula is C9H11N5O. The van der Waals surface area contributed by atoms with Gasteiger partial charge < -0.3 is 5.32 Å². The first-order chi connectivity index (χ1) is 7.16. The van der Waals surface area contributed by atoms with E-state index >= 15 is 0 Å². The molecule has 2 N–H and O–H groups in total. The summed E-state index contributed by atoms with van der Waals surface area (Å²) in [6.07, 6.45) is 4.82. The highest BCUT2D eigenvalue weighted by atomic mass is 16.1. The molecule has 1 amide bonds. The first-order valence-corrected chi connectivity index (χ1v) is 4.47. The third-order valence-corrected chi connectivity index (χ3v) is 2.04. The summed E-state index contributed by atoms with van der Waals surface area (Å²) < 4.78 is 1.62. The Bertz CT molecular complexity index is 484. The number of rotatable bonds is 2. The highest BCUT2D eigenvalue weighted by Gasteiger charge is 2.11. The second-order valence-corrected chi connectivity index (χ2v) is 3.27. The van der Waals surface area contributed by atoms with Crippen molar-refractivity contribution >= 4 is 11.6 Å². The third kappa shape index (κ3) is 1.88. The number of amides is 1. The molecule has 0 aliphatic heterocycles. The van der Waals surface area contributed by atoms with Gasteiger partial charge in [-0.15, -0.1) is 0 Å². The van der Waals surface area contributed by atoms with Gasteiger partial charge >= 0.3 is 0 Å². The summed E-state index contributed by atoms with van der Waals surface area (Å²) in [6.45, 7) is 1.80. The van der Waals surface area contributed by atoms with Crippen molar-refractivity contribution in [3.63, 3.8) is 0 Å². The van der Waals surface area contributed by atoms with E-state index < -0.39 is 0 Å². The van der Waals surface area contributed by atoms with Crippen LogP contribution in [0.4, 0.5) is 5.69 Å². The fourth-order valence-corrected chi connectivity index (χ4v) is 1.26. The quantitative estimate of drug-likeness (QED) is 0.757. The number of H-pyrrole nitrogens is 1. The van der Waals surface area contributed by atoms with E-state index in [0.29, 0.717) is 11.3 Å². The molecule has 2 rings (SSSR count). The molecular weight excluding hydrogens is 194 g/mol. The van der Waals surface area contributed by atoms with E-state index in [1.54, 1.807) is 31.0 Å². The standard InChI is InChI=1S/C9H11N5O/c1-6-8(4-10-13-6)9(15)12-7-3-11-14(2)5-7/h3-5H,1-2H3,(H,10,13)(H,12,15). The van der Waals surface area contributed by atoms with Gasteiger partial charge in [0.1, 0.15) is 0 Å². The summed E-state index contributed by atoms with van der Waals surface area (Å²) in [7, 11) is 1.79. The van der Waals surface area contributed by atoms with Gasteiger partial charge in [-0.1, -0.05) is 0 Å². The Morgan fingerprint density at radius 2 is 2.33 bits per heavy atom. The van der Waals surface area contributed by atoms with Crippen molar-refractivity contribution in [3.05, 3.63) is 29.8 Å². The lowest BCUT2D eigenvalue weighted by molar-refractivity contribution is 0.102.